The van der Waals surface area contributed by atoms with E-state index in [1.165, 1.54) is 17.3 Å². The Hall–Kier alpha value is -2.37. The van der Waals surface area contributed by atoms with Gasteiger partial charge in [-0.05, 0) is 31.7 Å². The Bertz CT molecular complexity index is 556. The van der Waals surface area contributed by atoms with Gasteiger partial charge in [0, 0.05) is 12.6 Å². The van der Waals surface area contributed by atoms with E-state index >= 15 is 0 Å². The standard InChI is InChI=1S/C15H20FN3O2/c1-4-21-15(20)14(11(2)9-17)18-19(3)10-12-7-5-6-8-13(12)16/h5-9H,4,10,17H2,1-3H3/b11-9+,18-14+. The van der Waals surface area contributed by atoms with Crippen LogP contribution in [-0.4, -0.2) is 30.3 Å². The highest BCUT2D eigenvalue weighted by atomic mass is 19.1. The van der Waals surface area contributed by atoms with Crippen molar-refractivity contribution in [2.45, 2.75) is 20.4 Å². The summed E-state index contributed by atoms with van der Waals surface area (Å²) in [6, 6.07) is 6.40. The van der Waals surface area contributed by atoms with Gasteiger partial charge in [-0.15, -0.1) is 0 Å². The quantitative estimate of drug-likeness (QED) is 0.495. The minimum Gasteiger partial charge on any atom is -0.461 e. The molecular formula is C15H20FN3O2. The van der Waals surface area contributed by atoms with Gasteiger partial charge in [-0.2, -0.15) is 5.10 Å². The van der Waals surface area contributed by atoms with Crippen LogP contribution in [0.1, 0.15) is 19.4 Å². The highest BCUT2D eigenvalue weighted by molar-refractivity contribution is 6.43. The van der Waals surface area contributed by atoms with Crippen molar-refractivity contribution >= 4 is 11.7 Å². The monoisotopic (exact) mass is 293 g/mol. The number of carbonyl (C=O) groups excluding carboxylic acids is 1. The van der Waals surface area contributed by atoms with Gasteiger partial charge in [0.05, 0.1) is 13.2 Å². The van der Waals surface area contributed by atoms with Gasteiger partial charge >= 0.3 is 5.97 Å². The molecule has 2 N–H and O–H groups in total. The molecular weight excluding hydrogens is 273 g/mol. The smallest absolute Gasteiger partial charge is 0.359 e. The Morgan fingerprint density at radius 2 is 2.14 bits per heavy atom. The molecule has 1 aromatic rings. The maximum Gasteiger partial charge on any atom is 0.359 e. The van der Waals surface area contributed by atoms with Crippen LogP contribution in [0.3, 0.4) is 0 Å². The van der Waals surface area contributed by atoms with Gasteiger partial charge in [0.1, 0.15) is 5.82 Å². The number of nitrogens with two attached hydrogens (primary N) is 1. The van der Waals surface area contributed by atoms with E-state index in [0.717, 1.165) is 0 Å². The highest BCUT2D eigenvalue weighted by Gasteiger charge is 2.16. The molecule has 21 heavy (non-hydrogen) atoms. The molecule has 0 atom stereocenters. The van der Waals surface area contributed by atoms with Gasteiger partial charge in [0.2, 0.25) is 0 Å². The van der Waals surface area contributed by atoms with Gasteiger partial charge in [-0.3, -0.25) is 5.01 Å². The van der Waals surface area contributed by atoms with E-state index in [1.807, 2.05) is 0 Å². The summed E-state index contributed by atoms with van der Waals surface area (Å²) in [5.74, 6) is -0.875. The van der Waals surface area contributed by atoms with Crippen LogP contribution in [0, 0.1) is 5.82 Å². The van der Waals surface area contributed by atoms with Crippen LogP contribution in [0.5, 0.6) is 0 Å². The predicted octanol–water partition coefficient (Wildman–Crippen LogP) is 2.04. The van der Waals surface area contributed by atoms with Crippen molar-refractivity contribution in [2.75, 3.05) is 13.7 Å². The lowest BCUT2D eigenvalue weighted by Crippen LogP contribution is -2.24. The summed E-state index contributed by atoms with van der Waals surface area (Å²) in [6.07, 6.45) is 1.28. The van der Waals surface area contributed by atoms with E-state index in [2.05, 4.69) is 5.10 Å². The molecule has 0 spiro atoms. The van der Waals surface area contributed by atoms with E-state index in [-0.39, 0.29) is 24.7 Å². The van der Waals surface area contributed by atoms with Crippen LogP contribution in [0.2, 0.25) is 0 Å². The fourth-order valence-corrected chi connectivity index (χ4v) is 1.64. The second kappa shape index (κ2) is 8.04. The number of rotatable bonds is 6. The van der Waals surface area contributed by atoms with Gasteiger partial charge in [0.15, 0.2) is 5.71 Å². The average Bonchev–Trinajstić information content (AvgIpc) is 2.46. The summed E-state index contributed by atoms with van der Waals surface area (Å²) >= 11 is 0. The molecule has 1 rings (SSSR count). The van der Waals surface area contributed by atoms with Crippen molar-refractivity contribution in [3.8, 4) is 0 Å². The Morgan fingerprint density at radius 3 is 2.71 bits per heavy atom. The van der Waals surface area contributed by atoms with E-state index in [0.29, 0.717) is 11.1 Å². The third-order valence-corrected chi connectivity index (χ3v) is 2.72. The zero-order chi connectivity index (χ0) is 15.8. The molecule has 0 aliphatic rings. The lowest BCUT2D eigenvalue weighted by molar-refractivity contribution is -0.135. The first-order chi connectivity index (χ1) is 9.99. The first kappa shape index (κ1) is 16.7. The Morgan fingerprint density at radius 1 is 1.48 bits per heavy atom. The number of carbonyl (C=O) groups is 1. The SMILES string of the molecule is CCOC(=O)C(=N/N(C)Cc1ccccc1F)/C(C)=C/N. The molecule has 0 amide bonds. The van der Waals surface area contributed by atoms with E-state index in [9.17, 15) is 9.18 Å². The Kier molecular flexibility index (Phi) is 6.39. The normalized spacial score (nSPS) is 12.2. The lowest BCUT2D eigenvalue weighted by atomic mass is 10.2. The molecule has 0 bridgehead atoms. The summed E-state index contributed by atoms with van der Waals surface area (Å²) in [7, 11) is 1.65. The van der Waals surface area contributed by atoms with Crippen LogP contribution in [0.4, 0.5) is 4.39 Å². The number of nitrogens with zero attached hydrogens (tertiary/aromatic N) is 2. The highest BCUT2D eigenvalue weighted by Crippen LogP contribution is 2.10. The molecule has 1 aromatic carbocycles. The summed E-state index contributed by atoms with van der Waals surface area (Å²) in [6.45, 7) is 3.84. The van der Waals surface area contributed by atoms with Crippen molar-refractivity contribution in [1.82, 2.24) is 5.01 Å². The zero-order valence-electron chi connectivity index (χ0n) is 12.5. The van der Waals surface area contributed by atoms with E-state index in [4.69, 9.17) is 10.5 Å². The molecule has 6 heteroatoms. The molecule has 0 aliphatic carbocycles. The Balaban J connectivity index is 2.94. The van der Waals surface area contributed by atoms with Crippen LogP contribution >= 0.6 is 0 Å². The summed E-state index contributed by atoms with van der Waals surface area (Å²) in [5, 5.41) is 5.63. The first-order valence-corrected chi connectivity index (χ1v) is 6.58. The number of esters is 1. The van der Waals surface area contributed by atoms with Crippen LogP contribution in [-0.2, 0) is 16.1 Å². The van der Waals surface area contributed by atoms with Crippen molar-refractivity contribution < 1.29 is 13.9 Å². The number of hydrogen-bond donors (Lipinski definition) is 1. The number of hydrazone groups is 1. The van der Waals surface area contributed by atoms with Crippen LogP contribution in [0.25, 0.3) is 0 Å². The van der Waals surface area contributed by atoms with Crippen LogP contribution in [0.15, 0.2) is 41.1 Å². The van der Waals surface area contributed by atoms with Crippen LogP contribution < -0.4 is 5.73 Å². The largest absolute Gasteiger partial charge is 0.461 e. The number of ether oxygens (including phenoxy) is 1. The van der Waals surface area contributed by atoms with E-state index in [1.54, 1.807) is 39.1 Å². The Labute approximate surface area is 123 Å². The molecule has 0 heterocycles. The number of benzene rings is 1. The van der Waals surface area contributed by atoms with Crippen molar-refractivity contribution in [1.29, 1.82) is 0 Å². The molecule has 0 saturated heterocycles. The molecule has 0 fully saturated rings. The molecule has 0 saturated carbocycles. The zero-order valence-corrected chi connectivity index (χ0v) is 12.5. The van der Waals surface area contributed by atoms with Gasteiger partial charge < -0.3 is 10.5 Å². The lowest BCUT2D eigenvalue weighted by Gasteiger charge is -2.16. The average molecular weight is 293 g/mol. The molecule has 0 unspecified atom stereocenters. The maximum atomic E-state index is 13.6. The van der Waals surface area contributed by atoms with Gasteiger partial charge in [0.25, 0.3) is 0 Å². The van der Waals surface area contributed by atoms with Gasteiger partial charge in [-0.1, -0.05) is 18.2 Å². The minimum atomic E-state index is -0.558. The molecule has 5 nitrogen and oxygen atoms in total. The molecule has 114 valence electrons. The molecule has 0 radical (unpaired) electrons. The summed E-state index contributed by atoms with van der Waals surface area (Å²) in [5.41, 5.74) is 6.52. The minimum absolute atomic E-state index is 0.109. The maximum absolute atomic E-state index is 13.6. The van der Waals surface area contributed by atoms with Crippen molar-refractivity contribution in [3.05, 3.63) is 47.4 Å². The van der Waals surface area contributed by atoms with Crippen molar-refractivity contribution in [3.63, 3.8) is 0 Å². The third-order valence-electron chi connectivity index (χ3n) is 2.72. The second-order valence-corrected chi connectivity index (χ2v) is 4.43. The number of halogens is 1. The second-order valence-electron chi connectivity index (χ2n) is 4.43. The fraction of sp³-hybridized carbons (Fsp3) is 0.333. The molecule has 0 aliphatic heterocycles. The summed E-state index contributed by atoms with van der Waals surface area (Å²) < 4.78 is 18.5. The molecule has 0 aromatic heterocycles. The fourth-order valence-electron chi connectivity index (χ4n) is 1.64. The van der Waals surface area contributed by atoms with Crippen molar-refractivity contribution in [2.24, 2.45) is 10.8 Å². The topological polar surface area (TPSA) is 67.9 Å². The first-order valence-electron chi connectivity index (χ1n) is 6.58. The summed E-state index contributed by atoms with van der Waals surface area (Å²) in [4.78, 5) is 11.8. The van der Waals surface area contributed by atoms with E-state index < -0.39 is 5.97 Å². The van der Waals surface area contributed by atoms with Gasteiger partial charge in [-0.25, -0.2) is 9.18 Å². The predicted molar refractivity (Wildman–Crippen MR) is 79.9 cm³/mol. The third kappa shape index (κ3) is 4.91. The number of hydrogen-bond acceptors (Lipinski definition) is 5.